The maximum atomic E-state index is 14.0. The predicted octanol–water partition coefficient (Wildman–Crippen LogP) is 2.32. The number of nitrogens with two attached hydrogens (primary N) is 1. The number of imide groups is 1. The highest BCUT2D eigenvalue weighted by atomic mass is 32.1. The minimum atomic E-state index is -1.35. The second-order valence-corrected chi connectivity index (χ2v) is 10.9. The largest absolute Gasteiger partial charge is 0.477 e. The minimum absolute atomic E-state index is 0.128. The molecule has 2 heterocycles. The molecule has 3 amide bonds. The monoisotopic (exact) mass is 561 g/mol. The van der Waals surface area contributed by atoms with E-state index >= 15 is 0 Å². The SMILES string of the molecule is CC(=O)OCc1cc(C(=O)N(C(=O)[C@@H]2CCCN2C(=O)[C@H](C)N)C2CCCCCC2)sc1C(=N)N=CC(=O)O. The number of amidine groups is 1. The highest BCUT2D eigenvalue weighted by Gasteiger charge is 2.42. The number of esters is 1. The highest BCUT2D eigenvalue weighted by Crippen LogP contribution is 2.31. The van der Waals surface area contributed by atoms with Crippen LogP contribution in [0.2, 0.25) is 0 Å². The summed E-state index contributed by atoms with van der Waals surface area (Å²) in [6, 6.07) is -0.477. The summed E-state index contributed by atoms with van der Waals surface area (Å²) in [5.41, 5.74) is 6.12. The number of carbonyl (C=O) groups is 5. The molecule has 0 spiro atoms. The summed E-state index contributed by atoms with van der Waals surface area (Å²) in [7, 11) is 0. The van der Waals surface area contributed by atoms with E-state index in [-0.39, 0.29) is 28.3 Å². The quantitative estimate of drug-likeness (QED) is 0.142. The number of carboxylic acid groups (broad SMARTS) is 1. The molecule has 3 rings (SSSR count). The summed E-state index contributed by atoms with van der Waals surface area (Å²) in [6.07, 6.45) is 6.61. The van der Waals surface area contributed by atoms with Gasteiger partial charge in [-0.1, -0.05) is 25.7 Å². The van der Waals surface area contributed by atoms with E-state index in [1.165, 1.54) is 22.8 Å². The number of rotatable bonds is 8. The molecule has 2 fully saturated rings. The molecule has 1 saturated heterocycles. The Morgan fingerprint density at radius 2 is 1.87 bits per heavy atom. The van der Waals surface area contributed by atoms with Crippen molar-refractivity contribution < 1.29 is 33.8 Å². The first-order chi connectivity index (χ1) is 18.5. The molecular weight excluding hydrogens is 526 g/mol. The van der Waals surface area contributed by atoms with Crippen molar-refractivity contribution in [3.8, 4) is 0 Å². The molecule has 212 valence electrons. The number of hydrogen-bond acceptors (Lipinski definition) is 9. The fourth-order valence-electron chi connectivity index (χ4n) is 4.99. The first kappa shape index (κ1) is 30.1. The van der Waals surface area contributed by atoms with Crippen molar-refractivity contribution in [1.29, 1.82) is 5.41 Å². The summed E-state index contributed by atoms with van der Waals surface area (Å²) in [4.78, 5) is 69.8. The second kappa shape index (κ2) is 13.6. The number of ether oxygens (including phenoxy) is 1. The number of thiophene rings is 1. The summed E-state index contributed by atoms with van der Waals surface area (Å²) in [6.45, 7) is 2.92. The highest BCUT2D eigenvalue weighted by molar-refractivity contribution is 7.16. The molecule has 1 aliphatic carbocycles. The maximum Gasteiger partial charge on any atom is 0.347 e. The van der Waals surface area contributed by atoms with E-state index < -0.39 is 41.7 Å². The predicted molar refractivity (Wildman–Crippen MR) is 144 cm³/mol. The lowest BCUT2D eigenvalue weighted by Crippen LogP contribution is -2.55. The number of aliphatic carboxylic acids is 1. The van der Waals surface area contributed by atoms with Gasteiger partial charge in [0.2, 0.25) is 5.91 Å². The average molecular weight is 562 g/mol. The van der Waals surface area contributed by atoms with Crippen LogP contribution in [0.15, 0.2) is 11.1 Å². The molecule has 0 radical (unpaired) electrons. The van der Waals surface area contributed by atoms with Crippen LogP contribution in [0.1, 0.15) is 85.3 Å². The summed E-state index contributed by atoms with van der Waals surface area (Å²) in [5.74, 6) is -3.69. The fraction of sp³-hybridized carbons (Fsp3) is 0.577. The lowest BCUT2D eigenvalue weighted by atomic mass is 10.0. The van der Waals surface area contributed by atoms with E-state index in [2.05, 4.69) is 4.99 Å². The van der Waals surface area contributed by atoms with Gasteiger partial charge in [-0.05, 0) is 38.7 Å². The van der Waals surface area contributed by atoms with Crippen LogP contribution in [-0.2, 0) is 30.5 Å². The van der Waals surface area contributed by atoms with Gasteiger partial charge in [-0.2, -0.15) is 0 Å². The molecule has 13 heteroatoms. The van der Waals surface area contributed by atoms with Crippen LogP contribution in [0, 0.1) is 5.41 Å². The minimum Gasteiger partial charge on any atom is -0.477 e. The Hall–Kier alpha value is -3.45. The Labute approximate surface area is 230 Å². The third-order valence-electron chi connectivity index (χ3n) is 6.83. The maximum absolute atomic E-state index is 14.0. The van der Waals surface area contributed by atoms with Crippen LogP contribution in [0.5, 0.6) is 0 Å². The van der Waals surface area contributed by atoms with Gasteiger partial charge in [-0.15, -0.1) is 11.3 Å². The van der Waals surface area contributed by atoms with E-state index in [4.69, 9.17) is 21.0 Å². The molecule has 1 saturated carbocycles. The van der Waals surface area contributed by atoms with Crippen LogP contribution in [0.3, 0.4) is 0 Å². The van der Waals surface area contributed by atoms with Gasteiger partial charge >= 0.3 is 11.9 Å². The summed E-state index contributed by atoms with van der Waals surface area (Å²) < 4.78 is 5.08. The van der Waals surface area contributed by atoms with Crippen molar-refractivity contribution in [3.63, 3.8) is 0 Å². The van der Waals surface area contributed by atoms with E-state index in [1.807, 2.05) is 0 Å². The van der Waals surface area contributed by atoms with Crippen molar-refractivity contribution in [1.82, 2.24) is 9.80 Å². The van der Waals surface area contributed by atoms with E-state index in [0.29, 0.717) is 44.0 Å². The standard InChI is InChI=1S/C26H35N5O7S/c1-15(27)24(35)30-11-7-10-19(30)25(36)31(18-8-5-3-4-6-9-18)26(37)20-12-17(14-38-16(2)32)22(39-20)23(28)29-13-21(33)34/h12-13,15,18-19,28H,3-11,14,27H2,1-2H3,(H,33,34)/t15-,19-/m0/s1. The zero-order valence-electron chi connectivity index (χ0n) is 22.2. The number of nitrogens with zero attached hydrogens (tertiary/aromatic N) is 3. The number of hydrogen-bond donors (Lipinski definition) is 3. The zero-order chi connectivity index (χ0) is 28.7. The van der Waals surface area contributed by atoms with Crippen LogP contribution < -0.4 is 5.73 Å². The molecular formula is C26H35N5O7S. The van der Waals surface area contributed by atoms with E-state index in [9.17, 15) is 24.0 Å². The Morgan fingerprint density at radius 3 is 2.46 bits per heavy atom. The van der Waals surface area contributed by atoms with Gasteiger partial charge < -0.3 is 20.5 Å². The van der Waals surface area contributed by atoms with Crippen LogP contribution in [-0.4, -0.2) is 81.3 Å². The Balaban J connectivity index is 2.01. The first-order valence-corrected chi connectivity index (χ1v) is 13.9. The summed E-state index contributed by atoms with van der Waals surface area (Å²) >= 11 is 0.882. The number of carboxylic acids is 1. The van der Waals surface area contributed by atoms with Gasteiger partial charge in [0, 0.05) is 25.1 Å². The molecule has 0 aromatic carbocycles. The smallest absolute Gasteiger partial charge is 0.347 e. The lowest BCUT2D eigenvalue weighted by molar-refractivity contribution is -0.144. The molecule has 0 bridgehead atoms. The molecule has 39 heavy (non-hydrogen) atoms. The molecule has 12 nitrogen and oxygen atoms in total. The van der Waals surface area contributed by atoms with Gasteiger partial charge in [-0.25, -0.2) is 9.79 Å². The van der Waals surface area contributed by atoms with Gasteiger partial charge in [-0.3, -0.25) is 29.5 Å². The van der Waals surface area contributed by atoms with Gasteiger partial charge in [0.1, 0.15) is 18.9 Å². The zero-order valence-corrected chi connectivity index (χ0v) is 23.0. The molecule has 1 aliphatic heterocycles. The van der Waals surface area contributed by atoms with E-state index in [0.717, 1.165) is 37.0 Å². The van der Waals surface area contributed by atoms with Crippen molar-refractivity contribution in [2.24, 2.45) is 10.7 Å². The normalized spacial score (nSPS) is 18.9. The Bertz CT molecular complexity index is 1150. The van der Waals surface area contributed by atoms with Crippen molar-refractivity contribution in [2.45, 2.75) is 89.9 Å². The van der Waals surface area contributed by atoms with Gasteiger partial charge in [0.05, 0.1) is 15.8 Å². The van der Waals surface area contributed by atoms with Crippen molar-refractivity contribution in [2.75, 3.05) is 6.54 Å². The fourth-order valence-corrected chi connectivity index (χ4v) is 5.99. The third-order valence-corrected chi connectivity index (χ3v) is 8.00. The third kappa shape index (κ3) is 7.57. The van der Waals surface area contributed by atoms with Crippen molar-refractivity contribution in [3.05, 3.63) is 21.4 Å². The van der Waals surface area contributed by atoms with Crippen LogP contribution in [0.25, 0.3) is 0 Å². The number of aliphatic imine (C=N–C) groups is 1. The van der Waals surface area contributed by atoms with E-state index in [1.54, 1.807) is 6.92 Å². The topological polar surface area (TPSA) is 184 Å². The number of carbonyl (C=O) groups excluding carboxylic acids is 4. The summed E-state index contributed by atoms with van der Waals surface area (Å²) in [5, 5.41) is 17.1. The molecule has 1 aromatic rings. The molecule has 2 atom stereocenters. The van der Waals surface area contributed by atoms with Gasteiger partial charge in [0.15, 0.2) is 5.84 Å². The lowest BCUT2D eigenvalue weighted by Gasteiger charge is -2.34. The average Bonchev–Trinajstić information content (AvgIpc) is 3.47. The first-order valence-electron chi connectivity index (χ1n) is 13.1. The number of nitrogens with one attached hydrogen (secondary N) is 1. The second-order valence-electron chi connectivity index (χ2n) is 9.83. The van der Waals surface area contributed by atoms with Crippen LogP contribution >= 0.6 is 11.3 Å². The number of likely N-dealkylation sites (tertiary alicyclic amines) is 1. The molecule has 0 unspecified atom stereocenters. The molecule has 1 aromatic heterocycles. The Morgan fingerprint density at radius 1 is 1.21 bits per heavy atom. The number of amides is 3. The van der Waals surface area contributed by atoms with Gasteiger partial charge in [0.25, 0.3) is 11.8 Å². The molecule has 4 N–H and O–H groups in total. The van der Waals surface area contributed by atoms with Crippen LogP contribution in [0.4, 0.5) is 0 Å². The van der Waals surface area contributed by atoms with Crippen molar-refractivity contribution >= 4 is 53.0 Å². The Kier molecular flexibility index (Phi) is 10.5. The molecule has 2 aliphatic rings.